The molecule has 3 rings (SSSR count). The molecule has 1 aliphatic rings. The summed E-state index contributed by atoms with van der Waals surface area (Å²) in [6, 6.07) is 17.1. The maximum atomic E-state index is 12.7. The molecular weight excluding hydrogens is 358 g/mol. The zero-order valence-corrected chi connectivity index (χ0v) is 16.3. The van der Waals surface area contributed by atoms with Gasteiger partial charge >= 0.3 is 6.03 Å². The average Bonchev–Trinajstić information content (AvgIpc) is 2.69. The van der Waals surface area contributed by atoms with Gasteiger partial charge < -0.3 is 15.5 Å². The highest BCUT2D eigenvalue weighted by Gasteiger charge is 2.24. The number of likely N-dealkylation sites (tertiary alicyclic amines) is 1. The number of nitrogens with zero attached hydrogens (tertiary/aromatic N) is 1. The molecular formula is C21H25N3O2S. The molecule has 1 aliphatic heterocycles. The molecule has 5 nitrogen and oxygen atoms in total. The quantitative estimate of drug-likeness (QED) is 0.821. The van der Waals surface area contributed by atoms with E-state index >= 15 is 0 Å². The monoisotopic (exact) mass is 383 g/mol. The number of anilines is 1. The molecule has 27 heavy (non-hydrogen) atoms. The summed E-state index contributed by atoms with van der Waals surface area (Å²) in [5.74, 6) is 1.02. The van der Waals surface area contributed by atoms with Gasteiger partial charge in [-0.3, -0.25) is 4.79 Å². The SMILES string of the molecule is CSCc1ccc(C(=O)N2CCC(NC(=O)Nc3ccccc3)CC2)cc1. The summed E-state index contributed by atoms with van der Waals surface area (Å²) in [5, 5.41) is 5.83. The van der Waals surface area contributed by atoms with Crippen LogP contribution in [0.4, 0.5) is 10.5 Å². The second kappa shape index (κ2) is 9.46. The summed E-state index contributed by atoms with van der Waals surface area (Å²) in [6.07, 6.45) is 3.59. The normalized spacial score (nSPS) is 14.6. The van der Waals surface area contributed by atoms with Gasteiger partial charge in [-0.15, -0.1) is 0 Å². The van der Waals surface area contributed by atoms with Crippen molar-refractivity contribution in [2.75, 3.05) is 24.7 Å². The van der Waals surface area contributed by atoms with Crippen LogP contribution in [0.15, 0.2) is 54.6 Å². The second-order valence-corrected chi connectivity index (χ2v) is 7.53. The fourth-order valence-corrected chi connectivity index (χ4v) is 3.72. The standard InChI is InChI=1S/C21H25N3O2S/c1-27-15-16-7-9-17(10-8-16)20(25)24-13-11-19(12-14-24)23-21(26)22-18-5-3-2-4-6-18/h2-10,19H,11-15H2,1H3,(H2,22,23,26). The largest absolute Gasteiger partial charge is 0.338 e. The lowest BCUT2D eigenvalue weighted by atomic mass is 10.0. The summed E-state index contributed by atoms with van der Waals surface area (Å²) in [7, 11) is 0. The summed E-state index contributed by atoms with van der Waals surface area (Å²) >= 11 is 1.77. The number of piperidine rings is 1. The maximum absolute atomic E-state index is 12.7. The van der Waals surface area contributed by atoms with E-state index in [1.54, 1.807) is 11.8 Å². The summed E-state index contributed by atoms with van der Waals surface area (Å²) in [5.41, 5.74) is 2.73. The average molecular weight is 384 g/mol. The number of benzene rings is 2. The molecule has 0 radical (unpaired) electrons. The zero-order valence-electron chi connectivity index (χ0n) is 15.5. The first-order chi connectivity index (χ1) is 13.2. The first-order valence-corrected chi connectivity index (χ1v) is 10.5. The lowest BCUT2D eigenvalue weighted by Crippen LogP contribution is -2.47. The Balaban J connectivity index is 1.46. The van der Waals surface area contributed by atoms with E-state index in [0.717, 1.165) is 29.8 Å². The Hall–Kier alpha value is -2.47. The van der Waals surface area contributed by atoms with Crippen molar-refractivity contribution in [1.29, 1.82) is 0 Å². The van der Waals surface area contributed by atoms with E-state index in [-0.39, 0.29) is 18.0 Å². The molecule has 0 aromatic heterocycles. The van der Waals surface area contributed by atoms with Gasteiger partial charge in [-0.05, 0) is 48.9 Å². The number of carbonyl (C=O) groups excluding carboxylic acids is 2. The van der Waals surface area contributed by atoms with Crippen LogP contribution in [0, 0.1) is 0 Å². The number of para-hydroxylation sites is 1. The number of rotatable bonds is 5. The van der Waals surface area contributed by atoms with Crippen molar-refractivity contribution in [1.82, 2.24) is 10.2 Å². The number of nitrogens with one attached hydrogen (secondary N) is 2. The first kappa shape index (κ1) is 19.3. The van der Waals surface area contributed by atoms with E-state index in [2.05, 4.69) is 16.9 Å². The number of amides is 3. The fraction of sp³-hybridized carbons (Fsp3) is 0.333. The van der Waals surface area contributed by atoms with Gasteiger partial charge in [0.05, 0.1) is 0 Å². The van der Waals surface area contributed by atoms with Crippen molar-refractivity contribution in [3.05, 3.63) is 65.7 Å². The van der Waals surface area contributed by atoms with Crippen molar-refractivity contribution >= 4 is 29.4 Å². The predicted molar refractivity (Wildman–Crippen MR) is 111 cm³/mol. The van der Waals surface area contributed by atoms with E-state index in [0.29, 0.717) is 13.1 Å². The van der Waals surface area contributed by atoms with Gasteiger partial charge in [0, 0.05) is 36.1 Å². The van der Waals surface area contributed by atoms with Crippen molar-refractivity contribution in [2.24, 2.45) is 0 Å². The molecule has 2 aromatic rings. The Morgan fingerprint density at radius 2 is 1.70 bits per heavy atom. The number of thioether (sulfide) groups is 1. The molecule has 0 aliphatic carbocycles. The van der Waals surface area contributed by atoms with Gasteiger partial charge in [-0.2, -0.15) is 11.8 Å². The second-order valence-electron chi connectivity index (χ2n) is 6.66. The Morgan fingerprint density at radius 1 is 1.04 bits per heavy atom. The van der Waals surface area contributed by atoms with Crippen molar-refractivity contribution in [3.8, 4) is 0 Å². The number of urea groups is 1. The smallest absolute Gasteiger partial charge is 0.319 e. The molecule has 0 saturated carbocycles. The Labute approximate surface area is 164 Å². The van der Waals surface area contributed by atoms with E-state index in [4.69, 9.17) is 0 Å². The van der Waals surface area contributed by atoms with E-state index in [9.17, 15) is 9.59 Å². The van der Waals surface area contributed by atoms with Crippen LogP contribution in [0.25, 0.3) is 0 Å². The van der Waals surface area contributed by atoms with Crippen LogP contribution in [0.5, 0.6) is 0 Å². The van der Waals surface area contributed by atoms with Crippen molar-refractivity contribution < 1.29 is 9.59 Å². The molecule has 6 heteroatoms. The van der Waals surface area contributed by atoms with Crippen LogP contribution in [-0.4, -0.2) is 42.2 Å². The highest BCUT2D eigenvalue weighted by atomic mass is 32.2. The molecule has 2 N–H and O–H groups in total. The highest BCUT2D eigenvalue weighted by Crippen LogP contribution is 2.16. The molecule has 2 aromatic carbocycles. The molecule has 0 atom stereocenters. The molecule has 1 saturated heterocycles. The van der Waals surface area contributed by atoms with Crippen LogP contribution >= 0.6 is 11.8 Å². The fourth-order valence-electron chi connectivity index (χ4n) is 3.19. The van der Waals surface area contributed by atoms with E-state index in [1.165, 1.54) is 5.56 Å². The van der Waals surface area contributed by atoms with Gasteiger partial charge in [0.15, 0.2) is 0 Å². The van der Waals surface area contributed by atoms with E-state index in [1.807, 2.05) is 59.5 Å². The lowest BCUT2D eigenvalue weighted by molar-refractivity contribution is 0.0709. The van der Waals surface area contributed by atoms with Crippen LogP contribution in [0.3, 0.4) is 0 Å². The molecule has 1 heterocycles. The zero-order chi connectivity index (χ0) is 19.1. The topological polar surface area (TPSA) is 61.4 Å². The van der Waals surface area contributed by atoms with Gasteiger partial charge in [0.25, 0.3) is 5.91 Å². The number of carbonyl (C=O) groups is 2. The van der Waals surface area contributed by atoms with Crippen LogP contribution in [0.2, 0.25) is 0 Å². The number of hydrogen-bond donors (Lipinski definition) is 2. The molecule has 1 fully saturated rings. The molecule has 0 bridgehead atoms. The predicted octanol–water partition coefficient (Wildman–Crippen LogP) is 3.98. The van der Waals surface area contributed by atoms with Crippen LogP contribution in [-0.2, 0) is 5.75 Å². The Morgan fingerprint density at radius 3 is 2.33 bits per heavy atom. The molecule has 142 valence electrons. The minimum absolute atomic E-state index is 0.0675. The highest BCUT2D eigenvalue weighted by molar-refractivity contribution is 7.97. The van der Waals surface area contributed by atoms with Crippen molar-refractivity contribution in [3.63, 3.8) is 0 Å². The van der Waals surface area contributed by atoms with Gasteiger partial charge in [-0.25, -0.2) is 4.79 Å². The lowest BCUT2D eigenvalue weighted by Gasteiger charge is -2.32. The van der Waals surface area contributed by atoms with Crippen LogP contribution in [0.1, 0.15) is 28.8 Å². The Bertz CT molecular complexity index is 757. The van der Waals surface area contributed by atoms with Gasteiger partial charge in [0.2, 0.25) is 0 Å². The minimum atomic E-state index is -0.199. The third-order valence-corrected chi connectivity index (χ3v) is 5.28. The number of hydrogen-bond acceptors (Lipinski definition) is 3. The first-order valence-electron chi connectivity index (χ1n) is 9.15. The van der Waals surface area contributed by atoms with Gasteiger partial charge in [-0.1, -0.05) is 30.3 Å². The van der Waals surface area contributed by atoms with E-state index < -0.39 is 0 Å². The molecule has 0 spiro atoms. The summed E-state index contributed by atoms with van der Waals surface area (Å²) in [6.45, 7) is 1.31. The maximum Gasteiger partial charge on any atom is 0.319 e. The third-order valence-electron chi connectivity index (χ3n) is 4.66. The summed E-state index contributed by atoms with van der Waals surface area (Å²) in [4.78, 5) is 26.6. The Kier molecular flexibility index (Phi) is 6.76. The third kappa shape index (κ3) is 5.50. The summed E-state index contributed by atoms with van der Waals surface area (Å²) < 4.78 is 0. The molecule has 3 amide bonds. The minimum Gasteiger partial charge on any atom is -0.338 e. The van der Waals surface area contributed by atoms with Crippen LogP contribution < -0.4 is 10.6 Å². The van der Waals surface area contributed by atoms with Gasteiger partial charge in [0.1, 0.15) is 0 Å². The van der Waals surface area contributed by atoms with Crippen molar-refractivity contribution in [2.45, 2.75) is 24.6 Å². The molecule has 0 unspecified atom stereocenters.